The number of aromatic nitrogens is 1. The summed E-state index contributed by atoms with van der Waals surface area (Å²) in [5.74, 6) is 0.689. The van der Waals surface area contributed by atoms with Gasteiger partial charge >= 0.3 is 0 Å². The molecular weight excluding hydrogens is 230 g/mol. The number of nitrogens with one attached hydrogen (secondary N) is 1. The van der Waals surface area contributed by atoms with Gasteiger partial charge in [-0.05, 0) is 31.9 Å². The van der Waals surface area contributed by atoms with Gasteiger partial charge in [0, 0.05) is 31.9 Å². The summed E-state index contributed by atoms with van der Waals surface area (Å²) in [6.07, 6.45) is 2.88. The summed E-state index contributed by atoms with van der Waals surface area (Å²) in [5.41, 5.74) is 0.00131. The molecule has 0 bridgehead atoms. The van der Waals surface area contributed by atoms with Gasteiger partial charge in [-0.3, -0.25) is 4.79 Å². The fourth-order valence-corrected chi connectivity index (χ4v) is 2.07. The van der Waals surface area contributed by atoms with Gasteiger partial charge in [-0.25, -0.2) is 4.98 Å². The second kappa shape index (κ2) is 4.94. The number of likely N-dealkylation sites (tertiary alicyclic amines) is 1. The third-order valence-electron chi connectivity index (χ3n) is 3.39. The highest BCUT2D eigenvalue weighted by Crippen LogP contribution is 2.22. The molecule has 0 spiro atoms. The van der Waals surface area contributed by atoms with Crippen LogP contribution in [0.4, 0.5) is 5.82 Å². The van der Waals surface area contributed by atoms with Gasteiger partial charge in [0.15, 0.2) is 0 Å². The number of anilines is 1. The predicted molar refractivity (Wildman–Crippen MR) is 69.5 cm³/mol. The minimum absolute atomic E-state index is 0.00407. The maximum atomic E-state index is 12.3. The third kappa shape index (κ3) is 2.79. The molecule has 0 saturated carbocycles. The van der Waals surface area contributed by atoms with Crippen LogP contribution in [0.25, 0.3) is 0 Å². The molecule has 2 heterocycles. The third-order valence-corrected chi connectivity index (χ3v) is 3.39. The SMILES string of the molecule is CNc1cc(C(=O)N2CCC(C)(O)CC2)ccn1. The Morgan fingerprint density at radius 3 is 2.78 bits per heavy atom. The summed E-state index contributed by atoms with van der Waals surface area (Å²) >= 11 is 0. The lowest BCUT2D eigenvalue weighted by Crippen LogP contribution is -2.45. The van der Waals surface area contributed by atoms with Gasteiger partial charge in [0.25, 0.3) is 5.91 Å². The van der Waals surface area contributed by atoms with Crippen LogP contribution in [-0.4, -0.2) is 46.6 Å². The summed E-state index contributed by atoms with van der Waals surface area (Å²) in [7, 11) is 1.77. The van der Waals surface area contributed by atoms with E-state index in [-0.39, 0.29) is 5.91 Å². The Morgan fingerprint density at radius 1 is 1.50 bits per heavy atom. The second-order valence-electron chi connectivity index (χ2n) is 4.97. The van der Waals surface area contributed by atoms with Crippen LogP contribution >= 0.6 is 0 Å². The van der Waals surface area contributed by atoms with Crippen molar-refractivity contribution in [2.75, 3.05) is 25.5 Å². The quantitative estimate of drug-likeness (QED) is 0.824. The average Bonchev–Trinajstić information content (AvgIpc) is 2.38. The first-order valence-electron chi connectivity index (χ1n) is 6.17. The van der Waals surface area contributed by atoms with E-state index in [2.05, 4.69) is 10.3 Å². The van der Waals surface area contributed by atoms with Crippen LogP contribution in [-0.2, 0) is 0 Å². The van der Waals surface area contributed by atoms with Crippen molar-refractivity contribution >= 4 is 11.7 Å². The standard InChI is InChI=1S/C13H19N3O2/c1-13(18)4-7-16(8-5-13)12(17)10-3-6-15-11(9-10)14-2/h3,6,9,18H,4-5,7-8H2,1-2H3,(H,14,15). The molecule has 0 aromatic carbocycles. The zero-order valence-electron chi connectivity index (χ0n) is 10.8. The van der Waals surface area contributed by atoms with Crippen LogP contribution < -0.4 is 5.32 Å². The van der Waals surface area contributed by atoms with Crippen molar-refractivity contribution in [1.82, 2.24) is 9.88 Å². The van der Waals surface area contributed by atoms with E-state index in [4.69, 9.17) is 0 Å². The molecule has 0 unspecified atom stereocenters. The molecule has 0 atom stereocenters. The predicted octanol–water partition coefficient (Wildman–Crippen LogP) is 1.11. The van der Waals surface area contributed by atoms with Crippen LogP contribution in [0.1, 0.15) is 30.1 Å². The fourth-order valence-electron chi connectivity index (χ4n) is 2.07. The smallest absolute Gasteiger partial charge is 0.254 e. The molecule has 1 aliphatic heterocycles. The maximum absolute atomic E-state index is 12.3. The van der Waals surface area contributed by atoms with Gasteiger partial charge in [-0.15, -0.1) is 0 Å². The number of aliphatic hydroxyl groups is 1. The van der Waals surface area contributed by atoms with Gasteiger partial charge < -0.3 is 15.3 Å². The molecule has 1 aromatic rings. The summed E-state index contributed by atoms with van der Waals surface area (Å²) in [4.78, 5) is 18.1. The first-order valence-corrected chi connectivity index (χ1v) is 6.17. The lowest BCUT2D eigenvalue weighted by Gasteiger charge is -2.35. The largest absolute Gasteiger partial charge is 0.390 e. The highest BCUT2D eigenvalue weighted by atomic mass is 16.3. The summed E-state index contributed by atoms with van der Waals surface area (Å²) in [6.45, 7) is 3.02. The number of carbonyl (C=O) groups excluding carboxylic acids is 1. The second-order valence-corrected chi connectivity index (χ2v) is 4.97. The minimum Gasteiger partial charge on any atom is -0.390 e. The minimum atomic E-state index is -0.634. The zero-order valence-corrected chi connectivity index (χ0v) is 10.8. The van der Waals surface area contributed by atoms with Crippen molar-refractivity contribution in [1.29, 1.82) is 0 Å². The van der Waals surface area contributed by atoms with Gasteiger partial charge in [-0.2, -0.15) is 0 Å². The molecule has 1 aromatic heterocycles. The maximum Gasteiger partial charge on any atom is 0.254 e. The van der Waals surface area contributed by atoms with Gasteiger partial charge in [0.05, 0.1) is 5.60 Å². The lowest BCUT2D eigenvalue weighted by molar-refractivity contribution is -0.00202. The average molecular weight is 249 g/mol. The Hall–Kier alpha value is -1.62. The van der Waals surface area contributed by atoms with E-state index in [1.165, 1.54) is 0 Å². The van der Waals surface area contributed by atoms with Gasteiger partial charge in [0.1, 0.15) is 5.82 Å². The van der Waals surface area contributed by atoms with E-state index in [1.807, 2.05) is 6.92 Å². The molecule has 0 radical (unpaired) electrons. The number of carbonyl (C=O) groups is 1. The number of hydrogen-bond donors (Lipinski definition) is 2. The van der Waals surface area contributed by atoms with E-state index < -0.39 is 5.60 Å². The van der Waals surface area contributed by atoms with E-state index >= 15 is 0 Å². The number of nitrogens with zero attached hydrogens (tertiary/aromatic N) is 2. The molecule has 0 aliphatic carbocycles. The van der Waals surface area contributed by atoms with E-state index in [0.29, 0.717) is 37.3 Å². The number of rotatable bonds is 2. The molecule has 2 rings (SSSR count). The summed E-state index contributed by atoms with van der Waals surface area (Å²) in [6, 6.07) is 3.46. The molecule has 5 heteroatoms. The van der Waals surface area contributed by atoms with Crippen molar-refractivity contribution in [2.24, 2.45) is 0 Å². The van der Waals surface area contributed by atoms with Crippen molar-refractivity contribution in [3.8, 4) is 0 Å². The molecule has 98 valence electrons. The van der Waals surface area contributed by atoms with Crippen LogP contribution in [0.5, 0.6) is 0 Å². The lowest BCUT2D eigenvalue weighted by atomic mass is 9.93. The highest BCUT2D eigenvalue weighted by molar-refractivity contribution is 5.94. The summed E-state index contributed by atoms with van der Waals surface area (Å²) < 4.78 is 0. The van der Waals surface area contributed by atoms with Gasteiger partial charge in [0.2, 0.25) is 0 Å². The van der Waals surface area contributed by atoms with Crippen molar-refractivity contribution in [3.05, 3.63) is 23.9 Å². The van der Waals surface area contributed by atoms with Crippen LogP contribution in [0.15, 0.2) is 18.3 Å². The van der Waals surface area contributed by atoms with Crippen molar-refractivity contribution in [3.63, 3.8) is 0 Å². The zero-order chi connectivity index (χ0) is 13.2. The Morgan fingerprint density at radius 2 is 2.17 bits per heavy atom. The number of piperidine rings is 1. The molecule has 2 N–H and O–H groups in total. The molecule has 1 fully saturated rings. The molecule has 5 nitrogen and oxygen atoms in total. The van der Waals surface area contributed by atoms with Crippen molar-refractivity contribution in [2.45, 2.75) is 25.4 Å². The van der Waals surface area contributed by atoms with Crippen molar-refractivity contribution < 1.29 is 9.90 Å². The number of pyridine rings is 1. The van der Waals surface area contributed by atoms with Crippen LogP contribution in [0, 0.1) is 0 Å². The summed E-state index contributed by atoms with van der Waals surface area (Å²) in [5, 5.41) is 12.8. The molecule has 18 heavy (non-hydrogen) atoms. The number of hydrogen-bond acceptors (Lipinski definition) is 4. The highest BCUT2D eigenvalue weighted by Gasteiger charge is 2.29. The topological polar surface area (TPSA) is 65.5 Å². The van der Waals surface area contributed by atoms with Gasteiger partial charge in [-0.1, -0.05) is 0 Å². The fraction of sp³-hybridized carbons (Fsp3) is 0.538. The molecule has 1 saturated heterocycles. The molecule has 1 aliphatic rings. The van der Waals surface area contributed by atoms with E-state index in [9.17, 15) is 9.90 Å². The van der Waals surface area contributed by atoms with E-state index in [1.54, 1.807) is 30.3 Å². The molecular formula is C13H19N3O2. The normalized spacial score (nSPS) is 18.5. The van der Waals surface area contributed by atoms with Crippen LogP contribution in [0.2, 0.25) is 0 Å². The Balaban J connectivity index is 2.07. The molecule has 1 amide bonds. The Labute approximate surface area is 107 Å². The van der Waals surface area contributed by atoms with E-state index in [0.717, 1.165) is 0 Å². The Bertz CT molecular complexity index is 436. The first kappa shape index (κ1) is 12.8. The van der Waals surface area contributed by atoms with Crippen LogP contribution in [0.3, 0.4) is 0 Å². The first-order chi connectivity index (χ1) is 8.52. The Kier molecular flexibility index (Phi) is 3.52. The number of amides is 1. The monoisotopic (exact) mass is 249 g/mol.